The molecule has 194 valence electrons. The Labute approximate surface area is 213 Å². The minimum Gasteiger partial charge on any atom is -0.493 e. The van der Waals surface area contributed by atoms with Gasteiger partial charge >= 0.3 is 11.8 Å². The van der Waals surface area contributed by atoms with Crippen molar-refractivity contribution in [3.8, 4) is 11.8 Å². The van der Waals surface area contributed by atoms with Gasteiger partial charge in [0.05, 0.1) is 27.2 Å². The number of aromatic amines is 3. The molecule has 5 aromatic rings. The molecule has 0 aliphatic carbocycles. The van der Waals surface area contributed by atoms with Crippen molar-refractivity contribution in [2.24, 2.45) is 20.5 Å². The number of amides is 2. The number of carbonyl (C=O) groups is 2. The number of nitrogens with one attached hydrogen (secondary N) is 3. The zero-order chi connectivity index (χ0) is 27.8. The number of fused-ring (bicyclic) bond motifs is 2. The number of nitro groups is 2. The van der Waals surface area contributed by atoms with E-state index in [1.54, 1.807) is 0 Å². The standard InChI is InChI=1S/C21H12N10O8/c32-18-14(10-5-8(30(36)37)1-3-12(10)24-18)26-28-20(34)16-17(23-7-22-16)21(35)29-27-15-11-6-9(31(38)39)2-4-13(11)25-19(15)33/h1-7,24-25,32-33H,(H,22,23). The van der Waals surface area contributed by atoms with Crippen LogP contribution in [0.5, 0.6) is 11.8 Å². The van der Waals surface area contributed by atoms with E-state index < -0.39 is 44.8 Å². The van der Waals surface area contributed by atoms with Crippen molar-refractivity contribution in [1.29, 1.82) is 0 Å². The zero-order valence-corrected chi connectivity index (χ0v) is 19.0. The summed E-state index contributed by atoms with van der Waals surface area (Å²) in [6.07, 6.45) is 1.00. The number of non-ortho nitro benzene ring substituents is 2. The van der Waals surface area contributed by atoms with Crippen LogP contribution in [0, 0.1) is 20.2 Å². The summed E-state index contributed by atoms with van der Waals surface area (Å²) >= 11 is 0. The second kappa shape index (κ2) is 9.28. The smallest absolute Gasteiger partial charge is 0.316 e. The molecule has 0 bridgehead atoms. The van der Waals surface area contributed by atoms with Gasteiger partial charge in [-0.2, -0.15) is 0 Å². The van der Waals surface area contributed by atoms with Crippen LogP contribution in [-0.4, -0.2) is 51.8 Å². The number of aromatic nitrogens is 4. The lowest BCUT2D eigenvalue weighted by Gasteiger charge is -1.95. The zero-order valence-electron chi connectivity index (χ0n) is 19.0. The Morgan fingerprint density at radius 2 is 1.28 bits per heavy atom. The quantitative estimate of drug-likeness (QED) is 0.117. The number of azo groups is 2. The molecule has 39 heavy (non-hydrogen) atoms. The van der Waals surface area contributed by atoms with Crippen LogP contribution in [0.2, 0.25) is 0 Å². The molecule has 5 rings (SSSR count). The third-order valence-corrected chi connectivity index (χ3v) is 5.43. The fraction of sp³-hybridized carbons (Fsp3) is 0. The van der Waals surface area contributed by atoms with E-state index in [-0.39, 0.29) is 33.5 Å². The van der Waals surface area contributed by atoms with Crippen LogP contribution in [-0.2, 0) is 0 Å². The highest BCUT2D eigenvalue weighted by atomic mass is 16.6. The molecule has 0 atom stereocenters. The molecule has 0 saturated carbocycles. The number of nitro benzene ring substituents is 2. The minimum absolute atomic E-state index is 0.115. The first-order valence-electron chi connectivity index (χ1n) is 10.6. The van der Waals surface area contributed by atoms with Crippen molar-refractivity contribution < 1.29 is 29.6 Å². The van der Waals surface area contributed by atoms with Crippen molar-refractivity contribution >= 4 is 56.4 Å². The molecular weight excluding hydrogens is 520 g/mol. The Morgan fingerprint density at radius 3 is 1.77 bits per heavy atom. The Balaban J connectivity index is 1.42. The van der Waals surface area contributed by atoms with Gasteiger partial charge in [-0.05, 0) is 12.1 Å². The van der Waals surface area contributed by atoms with E-state index in [4.69, 9.17) is 0 Å². The summed E-state index contributed by atoms with van der Waals surface area (Å²) in [5.74, 6) is -3.24. The molecule has 0 unspecified atom stereocenters. The highest BCUT2D eigenvalue weighted by molar-refractivity contribution is 6.05. The summed E-state index contributed by atoms with van der Waals surface area (Å²) in [4.78, 5) is 57.3. The number of rotatable bonds is 6. The number of nitrogens with zero attached hydrogens (tertiary/aromatic N) is 7. The van der Waals surface area contributed by atoms with Crippen molar-refractivity contribution in [3.05, 3.63) is 74.3 Å². The number of carbonyl (C=O) groups excluding carboxylic acids is 2. The number of H-pyrrole nitrogens is 3. The number of aromatic hydroxyl groups is 2. The first-order chi connectivity index (χ1) is 18.6. The van der Waals surface area contributed by atoms with E-state index >= 15 is 0 Å². The van der Waals surface area contributed by atoms with Crippen molar-refractivity contribution in [2.75, 3.05) is 0 Å². The number of hydrogen-bond donors (Lipinski definition) is 5. The summed E-state index contributed by atoms with van der Waals surface area (Å²) in [5.41, 5.74) is -1.44. The van der Waals surface area contributed by atoms with Crippen molar-refractivity contribution in [1.82, 2.24) is 19.9 Å². The molecule has 18 nitrogen and oxygen atoms in total. The second-order valence-electron chi connectivity index (χ2n) is 7.75. The molecular formula is C21H12N10O8. The molecule has 0 fully saturated rings. The van der Waals surface area contributed by atoms with Crippen LogP contribution >= 0.6 is 0 Å². The maximum Gasteiger partial charge on any atom is 0.316 e. The van der Waals surface area contributed by atoms with Crippen LogP contribution < -0.4 is 0 Å². The largest absolute Gasteiger partial charge is 0.493 e. The molecule has 0 aliphatic heterocycles. The van der Waals surface area contributed by atoms with Gasteiger partial charge in [-0.15, -0.1) is 20.5 Å². The number of hydrogen-bond acceptors (Lipinski definition) is 11. The first-order valence-corrected chi connectivity index (χ1v) is 10.6. The maximum atomic E-state index is 12.6. The molecule has 3 aromatic heterocycles. The average Bonchev–Trinajstić information content (AvgIpc) is 3.59. The predicted octanol–water partition coefficient (Wildman–Crippen LogP) is 4.45. The van der Waals surface area contributed by atoms with Gasteiger partial charge in [-0.1, -0.05) is 0 Å². The lowest BCUT2D eigenvalue weighted by atomic mass is 10.2. The van der Waals surface area contributed by atoms with E-state index in [1.807, 2.05) is 0 Å². The molecule has 18 heteroatoms. The molecule has 2 aromatic carbocycles. The fourth-order valence-corrected chi connectivity index (χ4v) is 3.64. The van der Waals surface area contributed by atoms with E-state index in [2.05, 4.69) is 40.4 Å². The third kappa shape index (κ3) is 4.39. The highest BCUT2D eigenvalue weighted by Crippen LogP contribution is 2.38. The van der Waals surface area contributed by atoms with Gasteiger partial charge in [-0.3, -0.25) is 29.8 Å². The molecule has 0 radical (unpaired) electrons. The second-order valence-corrected chi connectivity index (χ2v) is 7.75. The van der Waals surface area contributed by atoms with E-state index in [0.29, 0.717) is 11.0 Å². The molecule has 5 N–H and O–H groups in total. The Hall–Kier alpha value is -6.33. The Bertz CT molecular complexity index is 1760. The van der Waals surface area contributed by atoms with Crippen LogP contribution in [0.15, 0.2) is 63.2 Å². The summed E-state index contributed by atoms with van der Waals surface area (Å²) in [6.45, 7) is 0. The van der Waals surface area contributed by atoms with Crippen LogP contribution in [0.4, 0.5) is 22.7 Å². The Morgan fingerprint density at radius 1 is 0.795 bits per heavy atom. The number of benzene rings is 2. The van der Waals surface area contributed by atoms with Crippen LogP contribution in [0.3, 0.4) is 0 Å². The summed E-state index contributed by atoms with van der Waals surface area (Å²) in [6, 6.07) is 7.35. The maximum absolute atomic E-state index is 12.6. The molecule has 0 aliphatic rings. The molecule has 0 spiro atoms. The van der Waals surface area contributed by atoms with E-state index in [9.17, 15) is 40.0 Å². The van der Waals surface area contributed by atoms with E-state index in [1.165, 1.54) is 24.3 Å². The van der Waals surface area contributed by atoms with Crippen molar-refractivity contribution in [3.63, 3.8) is 0 Å². The van der Waals surface area contributed by atoms with Gasteiger partial charge in [0.15, 0.2) is 17.1 Å². The fourth-order valence-electron chi connectivity index (χ4n) is 3.64. The third-order valence-electron chi connectivity index (χ3n) is 5.43. The van der Waals surface area contributed by atoms with Crippen LogP contribution in [0.1, 0.15) is 21.0 Å². The van der Waals surface area contributed by atoms with Gasteiger partial charge in [0.25, 0.3) is 11.4 Å². The lowest BCUT2D eigenvalue weighted by Crippen LogP contribution is -2.05. The average molecular weight is 532 g/mol. The predicted molar refractivity (Wildman–Crippen MR) is 130 cm³/mol. The summed E-state index contributed by atoms with van der Waals surface area (Å²) in [7, 11) is 0. The van der Waals surface area contributed by atoms with Gasteiger partial charge in [0.1, 0.15) is 5.69 Å². The highest BCUT2D eigenvalue weighted by Gasteiger charge is 2.22. The SMILES string of the molecule is O=C(N=Nc1c(O)[nH]c2ccc([N+](=O)[O-])cc12)c1nc[nH]c1C(=O)N=Nc1c(O)[nH]c2ccc([N+](=O)[O-])cc12. The first kappa shape index (κ1) is 24.4. The molecule has 0 saturated heterocycles. The summed E-state index contributed by atoms with van der Waals surface area (Å²) in [5, 5.41) is 56.8. The van der Waals surface area contributed by atoms with Gasteiger partial charge in [-0.25, -0.2) is 4.98 Å². The molecule has 2 amide bonds. The monoisotopic (exact) mass is 532 g/mol. The van der Waals surface area contributed by atoms with Gasteiger partial charge < -0.3 is 25.2 Å². The molecule has 3 heterocycles. The minimum atomic E-state index is -1.13. The topological polar surface area (TPSA) is 271 Å². The van der Waals surface area contributed by atoms with Crippen molar-refractivity contribution in [2.45, 2.75) is 0 Å². The van der Waals surface area contributed by atoms with Crippen LogP contribution in [0.25, 0.3) is 21.8 Å². The lowest BCUT2D eigenvalue weighted by molar-refractivity contribution is -0.384. The normalized spacial score (nSPS) is 11.7. The van der Waals surface area contributed by atoms with Gasteiger partial charge in [0.2, 0.25) is 11.8 Å². The summed E-state index contributed by atoms with van der Waals surface area (Å²) < 4.78 is 0. The number of imidazole rings is 1. The Kier molecular flexibility index (Phi) is 5.80. The van der Waals surface area contributed by atoms with Gasteiger partial charge in [0, 0.05) is 35.0 Å². The van der Waals surface area contributed by atoms with E-state index in [0.717, 1.165) is 18.5 Å².